The number of rotatable bonds is 5. The first-order valence-corrected chi connectivity index (χ1v) is 7.02. The number of nitrogens with two attached hydrogens (primary N) is 1. The second-order valence-electron chi connectivity index (χ2n) is 4.60. The standard InChI is InChI=1S/C12H13IN4O3/c13-9-2-1-3-12(8-9,10(14)18)4-6-16-7-5-15-11(16)17(19)20/h1-3,5,7H,4,6,8H2,(H2,14,18). The van der Waals surface area contributed by atoms with Gasteiger partial charge in [0.15, 0.2) is 0 Å². The van der Waals surface area contributed by atoms with Crippen LogP contribution in [0.4, 0.5) is 5.95 Å². The fourth-order valence-corrected chi connectivity index (χ4v) is 3.08. The minimum atomic E-state index is -0.788. The monoisotopic (exact) mass is 388 g/mol. The van der Waals surface area contributed by atoms with Gasteiger partial charge in [0.1, 0.15) is 12.4 Å². The number of nitro groups is 1. The van der Waals surface area contributed by atoms with Gasteiger partial charge < -0.3 is 15.8 Å². The first-order valence-electron chi connectivity index (χ1n) is 5.94. The Hall–Kier alpha value is -1.71. The van der Waals surface area contributed by atoms with E-state index in [0.29, 0.717) is 19.4 Å². The van der Waals surface area contributed by atoms with Crippen molar-refractivity contribution in [3.63, 3.8) is 0 Å². The lowest BCUT2D eigenvalue weighted by molar-refractivity contribution is -0.396. The summed E-state index contributed by atoms with van der Waals surface area (Å²) >= 11 is 2.16. The minimum Gasteiger partial charge on any atom is -0.390 e. The zero-order chi connectivity index (χ0) is 14.8. The summed E-state index contributed by atoms with van der Waals surface area (Å²) in [6, 6.07) is 0. The molecule has 8 heteroatoms. The van der Waals surface area contributed by atoms with Gasteiger partial charge in [-0.3, -0.25) is 4.79 Å². The number of aryl methyl sites for hydroxylation is 1. The molecule has 1 aliphatic carbocycles. The van der Waals surface area contributed by atoms with Gasteiger partial charge in [0.25, 0.3) is 0 Å². The third-order valence-electron chi connectivity index (χ3n) is 3.32. The van der Waals surface area contributed by atoms with Crippen molar-refractivity contribution in [2.24, 2.45) is 11.1 Å². The molecular weight excluding hydrogens is 375 g/mol. The summed E-state index contributed by atoms with van der Waals surface area (Å²) in [4.78, 5) is 25.7. The van der Waals surface area contributed by atoms with Crippen molar-refractivity contribution in [1.82, 2.24) is 9.55 Å². The number of allylic oxidation sites excluding steroid dienone is 3. The Labute approximate surface area is 128 Å². The van der Waals surface area contributed by atoms with Gasteiger partial charge in [0.05, 0.1) is 12.0 Å². The Bertz CT molecular complexity index is 608. The Kier molecular flexibility index (Phi) is 4.21. The summed E-state index contributed by atoms with van der Waals surface area (Å²) < 4.78 is 2.45. The predicted octanol–water partition coefficient (Wildman–Crippen LogP) is 1.93. The van der Waals surface area contributed by atoms with Crippen molar-refractivity contribution in [3.05, 3.63) is 44.3 Å². The molecule has 0 aliphatic heterocycles. The van der Waals surface area contributed by atoms with Crippen LogP contribution < -0.4 is 5.73 Å². The Morgan fingerprint density at radius 3 is 3.00 bits per heavy atom. The van der Waals surface area contributed by atoms with Crippen LogP contribution in [-0.4, -0.2) is 20.4 Å². The molecule has 0 radical (unpaired) electrons. The van der Waals surface area contributed by atoms with E-state index in [-0.39, 0.29) is 5.95 Å². The molecule has 0 bridgehead atoms. The maximum atomic E-state index is 11.8. The molecule has 1 aromatic heterocycles. The van der Waals surface area contributed by atoms with E-state index in [0.717, 1.165) is 3.58 Å². The third kappa shape index (κ3) is 2.89. The number of amides is 1. The highest BCUT2D eigenvalue weighted by atomic mass is 127. The molecule has 1 atom stereocenters. The van der Waals surface area contributed by atoms with E-state index in [1.54, 1.807) is 12.2 Å². The van der Waals surface area contributed by atoms with Crippen LogP contribution in [0.25, 0.3) is 0 Å². The summed E-state index contributed by atoms with van der Waals surface area (Å²) in [5, 5.41) is 10.8. The van der Waals surface area contributed by atoms with E-state index < -0.39 is 16.2 Å². The fraction of sp³-hybridized carbons (Fsp3) is 0.333. The summed E-state index contributed by atoms with van der Waals surface area (Å²) in [7, 11) is 0. The highest BCUT2D eigenvalue weighted by molar-refractivity contribution is 14.1. The highest BCUT2D eigenvalue weighted by Gasteiger charge is 2.36. The molecule has 1 heterocycles. The van der Waals surface area contributed by atoms with Crippen molar-refractivity contribution in [1.29, 1.82) is 0 Å². The molecule has 0 saturated carbocycles. The lowest BCUT2D eigenvalue weighted by atomic mass is 9.78. The quantitative estimate of drug-likeness (QED) is 0.473. The number of hydrogen-bond donors (Lipinski definition) is 1. The van der Waals surface area contributed by atoms with Crippen molar-refractivity contribution < 1.29 is 9.72 Å². The largest absolute Gasteiger partial charge is 0.434 e. The maximum Gasteiger partial charge on any atom is 0.434 e. The van der Waals surface area contributed by atoms with Gasteiger partial charge in [-0.1, -0.05) is 23.2 Å². The number of imidazole rings is 1. The number of nitrogens with zero attached hydrogens (tertiary/aromatic N) is 3. The van der Waals surface area contributed by atoms with Gasteiger partial charge in [0, 0.05) is 0 Å². The van der Waals surface area contributed by atoms with E-state index in [4.69, 9.17) is 5.73 Å². The summed E-state index contributed by atoms with van der Waals surface area (Å²) in [6.07, 6.45) is 9.33. The molecule has 2 rings (SSSR count). The van der Waals surface area contributed by atoms with E-state index in [2.05, 4.69) is 27.6 Å². The average Bonchev–Trinajstić information content (AvgIpc) is 2.84. The van der Waals surface area contributed by atoms with Crippen LogP contribution in [0.15, 0.2) is 34.2 Å². The van der Waals surface area contributed by atoms with Crippen LogP contribution in [0.1, 0.15) is 12.8 Å². The molecule has 106 valence electrons. The molecule has 1 aliphatic rings. The molecule has 7 nitrogen and oxygen atoms in total. The number of primary amides is 1. The van der Waals surface area contributed by atoms with Gasteiger partial charge in [-0.25, -0.2) is 4.57 Å². The Morgan fingerprint density at radius 1 is 1.65 bits per heavy atom. The Morgan fingerprint density at radius 2 is 2.40 bits per heavy atom. The molecule has 0 aromatic carbocycles. The highest BCUT2D eigenvalue weighted by Crippen LogP contribution is 2.38. The van der Waals surface area contributed by atoms with Crippen LogP contribution in [-0.2, 0) is 11.3 Å². The summed E-state index contributed by atoms with van der Waals surface area (Å²) in [6.45, 7) is 0.313. The maximum absolute atomic E-state index is 11.8. The molecule has 0 saturated heterocycles. The molecule has 20 heavy (non-hydrogen) atoms. The molecule has 0 fully saturated rings. The van der Waals surface area contributed by atoms with Crippen molar-refractivity contribution in [2.45, 2.75) is 19.4 Å². The van der Waals surface area contributed by atoms with Crippen LogP contribution in [0.2, 0.25) is 0 Å². The number of carbonyl (C=O) groups is 1. The number of aromatic nitrogens is 2. The lowest BCUT2D eigenvalue weighted by Crippen LogP contribution is -2.37. The van der Waals surface area contributed by atoms with Crippen molar-refractivity contribution >= 4 is 34.4 Å². The first kappa shape index (κ1) is 14.7. The van der Waals surface area contributed by atoms with Crippen molar-refractivity contribution in [3.8, 4) is 0 Å². The smallest absolute Gasteiger partial charge is 0.390 e. The average molecular weight is 388 g/mol. The Balaban J connectivity index is 2.17. The number of halogens is 1. The SMILES string of the molecule is NC(=O)C1(CCn2ccnc2[N+](=O)[O-])C=CC=C(I)C1. The normalized spacial score (nSPS) is 21.6. The second kappa shape index (κ2) is 5.73. The van der Waals surface area contributed by atoms with Crippen molar-refractivity contribution in [2.75, 3.05) is 0 Å². The van der Waals surface area contributed by atoms with Gasteiger partial charge in [0.2, 0.25) is 5.91 Å². The van der Waals surface area contributed by atoms with Crippen LogP contribution >= 0.6 is 22.6 Å². The van der Waals surface area contributed by atoms with Crippen LogP contribution in [0.5, 0.6) is 0 Å². The van der Waals surface area contributed by atoms with Gasteiger partial charge >= 0.3 is 5.95 Å². The van der Waals surface area contributed by atoms with Gasteiger partial charge in [-0.05, 0) is 43.9 Å². The minimum absolute atomic E-state index is 0.227. The van der Waals surface area contributed by atoms with E-state index in [1.165, 1.54) is 17.0 Å². The molecule has 2 N–H and O–H groups in total. The lowest BCUT2D eigenvalue weighted by Gasteiger charge is -2.28. The van der Waals surface area contributed by atoms with E-state index in [1.807, 2.05) is 6.08 Å². The molecule has 1 amide bonds. The molecule has 1 unspecified atom stereocenters. The van der Waals surface area contributed by atoms with Crippen LogP contribution in [0, 0.1) is 15.5 Å². The third-order valence-corrected chi connectivity index (χ3v) is 4.06. The predicted molar refractivity (Wildman–Crippen MR) is 81.0 cm³/mol. The second-order valence-corrected chi connectivity index (χ2v) is 5.98. The summed E-state index contributed by atoms with van der Waals surface area (Å²) in [5.74, 6) is -0.645. The number of hydrogen-bond acceptors (Lipinski definition) is 4. The van der Waals surface area contributed by atoms with Crippen LogP contribution in [0.3, 0.4) is 0 Å². The van der Waals surface area contributed by atoms with Gasteiger partial charge in [-0.2, -0.15) is 0 Å². The van der Waals surface area contributed by atoms with E-state index in [9.17, 15) is 14.9 Å². The fourth-order valence-electron chi connectivity index (χ4n) is 2.19. The molecule has 1 aromatic rings. The zero-order valence-electron chi connectivity index (χ0n) is 10.5. The van der Waals surface area contributed by atoms with Gasteiger partial charge in [-0.15, -0.1) is 0 Å². The zero-order valence-corrected chi connectivity index (χ0v) is 12.7. The molecule has 0 spiro atoms. The van der Waals surface area contributed by atoms with E-state index >= 15 is 0 Å². The topological polar surface area (TPSA) is 104 Å². The molecular formula is C12H13IN4O3. The number of carbonyl (C=O) groups excluding carboxylic acids is 1. The first-order chi connectivity index (χ1) is 9.44. The summed E-state index contributed by atoms with van der Waals surface area (Å²) in [5.41, 5.74) is 4.73.